The molecule has 0 unspecified atom stereocenters. The largest absolute Gasteiger partial charge is 0.312 e. The van der Waals surface area contributed by atoms with Crippen LogP contribution >= 0.6 is 15.9 Å². The Morgan fingerprint density at radius 1 is 1.19 bits per heavy atom. The maximum atomic E-state index is 13.1. The molecule has 2 rings (SSSR count). The average Bonchev–Trinajstić information content (AvgIpc) is 2.47. The molecule has 0 saturated carbocycles. The molecule has 6 heteroatoms. The van der Waals surface area contributed by atoms with E-state index in [4.69, 9.17) is 0 Å². The zero-order valence-corrected chi connectivity index (χ0v) is 12.8. The topological polar surface area (TPSA) is 55.2 Å². The summed E-state index contributed by atoms with van der Waals surface area (Å²) < 4.78 is 14.0. The Morgan fingerprint density at radius 2 is 1.90 bits per heavy atom. The summed E-state index contributed by atoms with van der Waals surface area (Å²) in [5.41, 5.74) is 1.97. The Bertz CT molecular complexity index is 632. The summed E-state index contributed by atoms with van der Waals surface area (Å²) in [6.45, 7) is 1.27. The van der Waals surface area contributed by atoms with Gasteiger partial charge in [0.2, 0.25) is 0 Å². The van der Waals surface area contributed by atoms with Crippen LogP contribution in [0.5, 0.6) is 0 Å². The van der Waals surface area contributed by atoms with Crippen molar-refractivity contribution < 1.29 is 9.31 Å². The third-order valence-corrected chi connectivity index (χ3v) is 3.83. The fourth-order valence-corrected chi connectivity index (χ4v) is 2.31. The van der Waals surface area contributed by atoms with Crippen LogP contribution in [0.1, 0.15) is 11.1 Å². The van der Waals surface area contributed by atoms with Crippen molar-refractivity contribution in [1.82, 2.24) is 5.32 Å². The molecule has 0 aliphatic heterocycles. The van der Waals surface area contributed by atoms with Gasteiger partial charge < -0.3 is 5.32 Å². The molecule has 4 nitrogen and oxygen atoms in total. The average molecular weight is 353 g/mol. The van der Waals surface area contributed by atoms with Crippen LogP contribution in [0.3, 0.4) is 0 Å². The van der Waals surface area contributed by atoms with Gasteiger partial charge in [-0.3, -0.25) is 10.1 Å². The molecule has 2 aromatic carbocycles. The molecule has 21 heavy (non-hydrogen) atoms. The predicted molar refractivity (Wildman–Crippen MR) is 82.6 cm³/mol. The van der Waals surface area contributed by atoms with Gasteiger partial charge in [0.1, 0.15) is 5.82 Å². The molecule has 0 heterocycles. The van der Waals surface area contributed by atoms with E-state index in [1.165, 1.54) is 24.3 Å². The molecular formula is C15H14BrFN2O2. The van der Waals surface area contributed by atoms with E-state index in [0.29, 0.717) is 13.1 Å². The van der Waals surface area contributed by atoms with Gasteiger partial charge in [-0.1, -0.05) is 28.1 Å². The van der Waals surface area contributed by atoms with Crippen LogP contribution in [0.2, 0.25) is 0 Å². The number of hydrogen-bond donors (Lipinski definition) is 1. The van der Waals surface area contributed by atoms with Gasteiger partial charge in [-0.05, 0) is 42.3 Å². The molecule has 110 valence electrons. The van der Waals surface area contributed by atoms with Crippen molar-refractivity contribution in [3.8, 4) is 0 Å². The quantitative estimate of drug-likeness (QED) is 0.488. The minimum Gasteiger partial charge on any atom is -0.312 e. The summed E-state index contributed by atoms with van der Waals surface area (Å²) in [6.07, 6.45) is 0.755. The molecular weight excluding hydrogens is 339 g/mol. The summed E-state index contributed by atoms with van der Waals surface area (Å²) in [7, 11) is 0. The fourth-order valence-electron chi connectivity index (χ4n) is 1.92. The van der Waals surface area contributed by atoms with E-state index in [2.05, 4.69) is 21.2 Å². The molecule has 0 radical (unpaired) electrons. The van der Waals surface area contributed by atoms with Crippen molar-refractivity contribution in [2.45, 2.75) is 13.0 Å². The van der Waals surface area contributed by atoms with Gasteiger partial charge in [0, 0.05) is 23.2 Å². The molecule has 0 atom stereocenters. The first kappa shape index (κ1) is 15.6. The third kappa shape index (κ3) is 4.61. The summed E-state index contributed by atoms with van der Waals surface area (Å²) >= 11 is 3.38. The SMILES string of the molecule is O=[N+]([O-])c1ccc(CCNCc2cc(F)ccc2Br)cc1. The third-order valence-electron chi connectivity index (χ3n) is 3.06. The maximum Gasteiger partial charge on any atom is 0.269 e. The smallest absolute Gasteiger partial charge is 0.269 e. The molecule has 0 aromatic heterocycles. The second-order valence-corrected chi connectivity index (χ2v) is 5.44. The molecule has 0 spiro atoms. The summed E-state index contributed by atoms with van der Waals surface area (Å²) in [4.78, 5) is 10.1. The zero-order valence-electron chi connectivity index (χ0n) is 11.2. The first-order valence-electron chi connectivity index (χ1n) is 6.44. The summed E-state index contributed by atoms with van der Waals surface area (Å²) in [5.74, 6) is -0.259. The number of non-ortho nitro benzene ring substituents is 1. The van der Waals surface area contributed by atoms with Crippen molar-refractivity contribution in [3.05, 3.63) is 74.0 Å². The van der Waals surface area contributed by atoms with Gasteiger partial charge in [0.15, 0.2) is 0 Å². The molecule has 0 fully saturated rings. The minimum absolute atomic E-state index is 0.0930. The lowest BCUT2D eigenvalue weighted by Crippen LogP contribution is -2.17. The van der Waals surface area contributed by atoms with Gasteiger partial charge >= 0.3 is 0 Å². The van der Waals surface area contributed by atoms with Crippen LogP contribution in [-0.4, -0.2) is 11.5 Å². The van der Waals surface area contributed by atoms with E-state index >= 15 is 0 Å². The van der Waals surface area contributed by atoms with Gasteiger partial charge in [-0.2, -0.15) is 0 Å². The lowest BCUT2D eigenvalue weighted by Gasteiger charge is -2.07. The van der Waals surface area contributed by atoms with E-state index in [1.807, 2.05) is 0 Å². The van der Waals surface area contributed by atoms with E-state index in [1.54, 1.807) is 18.2 Å². The van der Waals surface area contributed by atoms with Gasteiger partial charge in [-0.15, -0.1) is 0 Å². The maximum absolute atomic E-state index is 13.1. The minimum atomic E-state index is -0.413. The van der Waals surface area contributed by atoms with Crippen molar-refractivity contribution in [2.24, 2.45) is 0 Å². The van der Waals surface area contributed by atoms with Crippen molar-refractivity contribution in [2.75, 3.05) is 6.54 Å². The monoisotopic (exact) mass is 352 g/mol. The molecule has 0 saturated heterocycles. The van der Waals surface area contributed by atoms with E-state index in [0.717, 1.165) is 22.0 Å². The summed E-state index contributed by atoms with van der Waals surface area (Å²) in [5, 5.41) is 13.8. The molecule has 2 aromatic rings. The second kappa shape index (κ2) is 7.28. The van der Waals surface area contributed by atoms with Crippen LogP contribution < -0.4 is 5.32 Å². The number of nitro benzene ring substituents is 1. The normalized spacial score (nSPS) is 10.6. The predicted octanol–water partition coefficient (Wildman–Crippen LogP) is 3.83. The van der Waals surface area contributed by atoms with Crippen LogP contribution in [0.25, 0.3) is 0 Å². The number of nitro groups is 1. The fraction of sp³-hybridized carbons (Fsp3) is 0.200. The summed E-state index contributed by atoms with van der Waals surface area (Å²) in [6, 6.07) is 11.1. The number of benzene rings is 2. The van der Waals surface area contributed by atoms with Gasteiger partial charge in [0.05, 0.1) is 4.92 Å². The Labute approximate surface area is 130 Å². The lowest BCUT2D eigenvalue weighted by molar-refractivity contribution is -0.384. The molecule has 0 bridgehead atoms. The van der Waals surface area contributed by atoms with Crippen LogP contribution in [0.15, 0.2) is 46.9 Å². The highest BCUT2D eigenvalue weighted by molar-refractivity contribution is 9.10. The number of rotatable bonds is 6. The first-order valence-corrected chi connectivity index (χ1v) is 7.23. The number of hydrogen-bond acceptors (Lipinski definition) is 3. The van der Waals surface area contributed by atoms with Crippen LogP contribution in [0, 0.1) is 15.9 Å². The number of halogens is 2. The van der Waals surface area contributed by atoms with Crippen molar-refractivity contribution >= 4 is 21.6 Å². The highest BCUT2D eigenvalue weighted by Gasteiger charge is 2.04. The van der Waals surface area contributed by atoms with E-state index < -0.39 is 4.92 Å². The van der Waals surface area contributed by atoms with Crippen LogP contribution in [0.4, 0.5) is 10.1 Å². The molecule has 1 N–H and O–H groups in total. The second-order valence-electron chi connectivity index (χ2n) is 4.59. The first-order chi connectivity index (χ1) is 10.1. The Balaban J connectivity index is 1.81. The molecule has 0 aliphatic carbocycles. The highest BCUT2D eigenvalue weighted by atomic mass is 79.9. The highest BCUT2D eigenvalue weighted by Crippen LogP contribution is 2.17. The Kier molecular flexibility index (Phi) is 5.41. The molecule has 0 amide bonds. The standard InChI is InChI=1S/C15H14BrFN2O2/c16-15-6-3-13(17)9-12(15)10-18-8-7-11-1-4-14(5-2-11)19(20)21/h1-6,9,18H,7-8,10H2. The molecule has 0 aliphatic rings. The zero-order chi connectivity index (χ0) is 15.2. The number of nitrogens with zero attached hydrogens (tertiary/aromatic N) is 1. The Morgan fingerprint density at radius 3 is 2.57 bits per heavy atom. The van der Waals surface area contributed by atoms with Crippen LogP contribution in [-0.2, 0) is 13.0 Å². The van der Waals surface area contributed by atoms with Crippen molar-refractivity contribution in [1.29, 1.82) is 0 Å². The van der Waals surface area contributed by atoms with E-state index in [9.17, 15) is 14.5 Å². The lowest BCUT2D eigenvalue weighted by atomic mass is 10.1. The van der Waals surface area contributed by atoms with Crippen molar-refractivity contribution in [3.63, 3.8) is 0 Å². The van der Waals surface area contributed by atoms with Gasteiger partial charge in [0.25, 0.3) is 5.69 Å². The van der Waals surface area contributed by atoms with E-state index in [-0.39, 0.29) is 11.5 Å². The Hall–Kier alpha value is -1.79. The number of nitrogens with one attached hydrogen (secondary N) is 1. The van der Waals surface area contributed by atoms with Gasteiger partial charge in [-0.25, -0.2) is 4.39 Å².